The molecule has 1 aromatic rings. The number of carbonyl (C=O) groups is 2. The van der Waals surface area contributed by atoms with Crippen molar-refractivity contribution in [2.24, 2.45) is 0 Å². The molecule has 86 valence electrons. The molecule has 0 spiro atoms. The minimum Gasteiger partial charge on any atom is -0.496 e. The molecular formula is C10H10ClNO4. The molecule has 0 fully saturated rings. The SMILES string of the molecule is COc1cccc(Cl)c1C(=O)NCC(=O)O. The largest absolute Gasteiger partial charge is 0.496 e. The number of carboxylic acids is 1. The number of carboxylic acid groups (broad SMARTS) is 1. The van der Waals surface area contributed by atoms with Crippen LogP contribution in [0.1, 0.15) is 10.4 Å². The van der Waals surface area contributed by atoms with Gasteiger partial charge in [-0.2, -0.15) is 0 Å². The number of amides is 1. The summed E-state index contributed by atoms with van der Waals surface area (Å²) in [7, 11) is 1.40. The van der Waals surface area contributed by atoms with Crippen LogP contribution in [-0.2, 0) is 4.79 Å². The molecular weight excluding hydrogens is 234 g/mol. The molecule has 0 aromatic heterocycles. The molecule has 1 aromatic carbocycles. The van der Waals surface area contributed by atoms with Crippen molar-refractivity contribution in [2.45, 2.75) is 0 Å². The summed E-state index contributed by atoms with van der Waals surface area (Å²) in [4.78, 5) is 21.9. The molecule has 0 saturated heterocycles. The van der Waals surface area contributed by atoms with Crippen LogP contribution < -0.4 is 10.1 Å². The number of nitrogens with one attached hydrogen (secondary N) is 1. The van der Waals surface area contributed by atoms with Crippen molar-refractivity contribution in [1.82, 2.24) is 5.32 Å². The Kier molecular flexibility index (Phi) is 4.13. The summed E-state index contributed by atoms with van der Waals surface area (Å²) in [6, 6.07) is 4.73. The second-order valence-corrected chi connectivity index (χ2v) is 3.30. The van der Waals surface area contributed by atoms with Crippen LogP contribution in [0.5, 0.6) is 5.75 Å². The smallest absolute Gasteiger partial charge is 0.322 e. The van der Waals surface area contributed by atoms with Crippen molar-refractivity contribution in [3.05, 3.63) is 28.8 Å². The van der Waals surface area contributed by atoms with Gasteiger partial charge in [0.05, 0.1) is 17.7 Å². The van der Waals surface area contributed by atoms with E-state index in [0.29, 0.717) is 5.75 Å². The van der Waals surface area contributed by atoms with Gasteiger partial charge in [-0.05, 0) is 12.1 Å². The summed E-state index contributed by atoms with van der Waals surface area (Å²) in [5, 5.41) is 10.8. The highest BCUT2D eigenvalue weighted by Crippen LogP contribution is 2.25. The summed E-state index contributed by atoms with van der Waals surface area (Å²) in [5.74, 6) is -1.40. The molecule has 2 N–H and O–H groups in total. The standard InChI is InChI=1S/C10H10ClNO4/c1-16-7-4-2-3-6(11)9(7)10(15)12-5-8(13)14/h2-4H,5H2,1H3,(H,12,15)(H,13,14). The van der Waals surface area contributed by atoms with Gasteiger partial charge in [0.15, 0.2) is 0 Å². The van der Waals surface area contributed by atoms with E-state index in [-0.39, 0.29) is 10.6 Å². The van der Waals surface area contributed by atoms with Gasteiger partial charge in [-0.1, -0.05) is 17.7 Å². The number of ether oxygens (including phenoxy) is 1. The first-order valence-electron chi connectivity index (χ1n) is 4.38. The fourth-order valence-electron chi connectivity index (χ4n) is 1.14. The van der Waals surface area contributed by atoms with Crippen LogP contribution in [0.3, 0.4) is 0 Å². The lowest BCUT2D eigenvalue weighted by Gasteiger charge is -2.09. The Labute approximate surface area is 97.0 Å². The van der Waals surface area contributed by atoms with Crippen LogP contribution in [0.15, 0.2) is 18.2 Å². The van der Waals surface area contributed by atoms with Crippen molar-refractivity contribution in [3.63, 3.8) is 0 Å². The molecule has 0 atom stereocenters. The van der Waals surface area contributed by atoms with Crippen LogP contribution in [0.2, 0.25) is 5.02 Å². The van der Waals surface area contributed by atoms with Crippen molar-refractivity contribution in [2.75, 3.05) is 13.7 Å². The molecule has 1 rings (SSSR count). The molecule has 0 heterocycles. The van der Waals surface area contributed by atoms with Crippen molar-refractivity contribution in [3.8, 4) is 5.75 Å². The van der Waals surface area contributed by atoms with Gasteiger partial charge < -0.3 is 15.2 Å². The lowest BCUT2D eigenvalue weighted by Crippen LogP contribution is -2.29. The Morgan fingerprint density at radius 1 is 1.50 bits per heavy atom. The fourth-order valence-corrected chi connectivity index (χ4v) is 1.39. The summed E-state index contributed by atoms with van der Waals surface area (Å²) in [5.41, 5.74) is 0.132. The number of hydrogen-bond acceptors (Lipinski definition) is 3. The molecule has 0 bridgehead atoms. The maximum Gasteiger partial charge on any atom is 0.322 e. The molecule has 0 aliphatic carbocycles. The summed E-state index contributed by atoms with van der Waals surface area (Å²) >= 11 is 5.83. The average Bonchev–Trinajstić information content (AvgIpc) is 2.25. The third-order valence-corrected chi connectivity index (χ3v) is 2.14. The molecule has 6 heteroatoms. The van der Waals surface area contributed by atoms with E-state index in [4.69, 9.17) is 21.4 Å². The molecule has 0 aliphatic rings. The number of aliphatic carboxylic acids is 1. The van der Waals surface area contributed by atoms with Gasteiger partial charge in [0.1, 0.15) is 12.3 Å². The van der Waals surface area contributed by atoms with Gasteiger partial charge in [0.25, 0.3) is 5.91 Å². The summed E-state index contributed by atoms with van der Waals surface area (Å²) < 4.78 is 4.96. The van der Waals surface area contributed by atoms with Crippen LogP contribution in [0.4, 0.5) is 0 Å². The van der Waals surface area contributed by atoms with Crippen LogP contribution >= 0.6 is 11.6 Å². The highest BCUT2D eigenvalue weighted by molar-refractivity contribution is 6.34. The summed E-state index contributed by atoms with van der Waals surface area (Å²) in [6.07, 6.45) is 0. The van der Waals surface area contributed by atoms with E-state index in [1.807, 2.05) is 0 Å². The monoisotopic (exact) mass is 243 g/mol. The molecule has 0 aliphatic heterocycles. The van der Waals surface area contributed by atoms with Crippen molar-refractivity contribution in [1.29, 1.82) is 0 Å². The number of rotatable bonds is 4. The molecule has 5 nitrogen and oxygen atoms in total. The van der Waals surface area contributed by atoms with Crippen molar-refractivity contribution < 1.29 is 19.4 Å². The Hall–Kier alpha value is -1.75. The maximum absolute atomic E-state index is 11.6. The first-order valence-corrected chi connectivity index (χ1v) is 4.76. The summed E-state index contributed by atoms with van der Waals surface area (Å²) in [6.45, 7) is -0.465. The minimum atomic E-state index is -1.13. The average molecular weight is 244 g/mol. The predicted octanol–water partition coefficient (Wildman–Crippen LogP) is 1.16. The molecule has 1 amide bonds. The van der Waals surface area contributed by atoms with Crippen LogP contribution in [0.25, 0.3) is 0 Å². The lowest BCUT2D eigenvalue weighted by atomic mass is 10.2. The Morgan fingerprint density at radius 3 is 2.75 bits per heavy atom. The molecule has 0 radical (unpaired) electrons. The second kappa shape index (κ2) is 5.37. The third-order valence-electron chi connectivity index (χ3n) is 1.82. The Bertz CT molecular complexity index is 419. The van der Waals surface area contributed by atoms with Crippen LogP contribution in [-0.4, -0.2) is 30.6 Å². The third kappa shape index (κ3) is 2.87. The maximum atomic E-state index is 11.6. The zero-order valence-corrected chi connectivity index (χ0v) is 9.25. The second-order valence-electron chi connectivity index (χ2n) is 2.89. The Balaban J connectivity index is 2.93. The van der Waals surface area contributed by atoms with E-state index in [1.165, 1.54) is 13.2 Å². The minimum absolute atomic E-state index is 0.132. The van der Waals surface area contributed by atoms with Gasteiger partial charge >= 0.3 is 5.97 Å². The predicted molar refractivity (Wildman–Crippen MR) is 58.0 cm³/mol. The molecule has 0 saturated carbocycles. The van der Waals surface area contributed by atoms with E-state index in [1.54, 1.807) is 12.1 Å². The Morgan fingerprint density at radius 2 is 2.19 bits per heavy atom. The normalized spacial score (nSPS) is 9.62. The van der Waals surface area contributed by atoms with Gasteiger partial charge in [0.2, 0.25) is 0 Å². The van der Waals surface area contributed by atoms with E-state index in [2.05, 4.69) is 5.32 Å². The number of carbonyl (C=O) groups excluding carboxylic acids is 1. The quantitative estimate of drug-likeness (QED) is 0.832. The van der Waals surface area contributed by atoms with Gasteiger partial charge in [0, 0.05) is 0 Å². The zero-order chi connectivity index (χ0) is 12.1. The van der Waals surface area contributed by atoms with Crippen LogP contribution in [0, 0.1) is 0 Å². The van der Waals surface area contributed by atoms with Gasteiger partial charge in [-0.3, -0.25) is 9.59 Å². The molecule has 0 unspecified atom stereocenters. The highest BCUT2D eigenvalue weighted by atomic mass is 35.5. The number of halogens is 1. The first kappa shape index (κ1) is 12.3. The molecule has 16 heavy (non-hydrogen) atoms. The van der Waals surface area contributed by atoms with E-state index < -0.39 is 18.4 Å². The number of hydrogen-bond donors (Lipinski definition) is 2. The van der Waals surface area contributed by atoms with Gasteiger partial charge in [-0.15, -0.1) is 0 Å². The van der Waals surface area contributed by atoms with E-state index in [9.17, 15) is 9.59 Å². The zero-order valence-electron chi connectivity index (χ0n) is 8.49. The van der Waals surface area contributed by atoms with Gasteiger partial charge in [-0.25, -0.2) is 0 Å². The highest BCUT2D eigenvalue weighted by Gasteiger charge is 2.16. The lowest BCUT2D eigenvalue weighted by molar-refractivity contribution is -0.135. The van der Waals surface area contributed by atoms with Crippen molar-refractivity contribution >= 4 is 23.5 Å². The first-order chi connectivity index (χ1) is 7.56. The number of benzene rings is 1. The fraction of sp³-hybridized carbons (Fsp3) is 0.200. The number of methoxy groups -OCH3 is 1. The topological polar surface area (TPSA) is 75.6 Å². The van der Waals surface area contributed by atoms with E-state index >= 15 is 0 Å². The van der Waals surface area contributed by atoms with E-state index in [0.717, 1.165) is 0 Å².